The van der Waals surface area contributed by atoms with E-state index in [0.29, 0.717) is 33.3 Å². The molecule has 1 amide bonds. The molecule has 0 unspecified atom stereocenters. The Bertz CT molecular complexity index is 879. The molecular weight excluding hydrogens is 370 g/mol. The van der Waals surface area contributed by atoms with Gasteiger partial charge >= 0.3 is 0 Å². The van der Waals surface area contributed by atoms with E-state index < -0.39 is 0 Å². The van der Waals surface area contributed by atoms with Crippen LogP contribution in [0.3, 0.4) is 0 Å². The second-order valence-corrected chi connectivity index (χ2v) is 7.16. The van der Waals surface area contributed by atoms with Crippen LogP contribution in [0.25, 0.3) is 0 Å². The molecule has 2 aromatic heterocycles. The summed E-state index contributed by atoms with van der Waals surface area (Å²) in [5, 5.41) is 4.00. The van der Waals surface area contributed by atoms with Crippen LogP contribution in [0.5, 0.6) is 0 Å². The number of rotatable bonds is 6. The van der Waals surface area contributed by atoms with Crippen LogP contribution in [0.15, 0.2) is 42.6 Å². The molecule has 26 heavy (non-hydrogen) atoms. The molecule has 8 heteroatoms. The van der Waals surface area contributed by atoms with E-state index in [1.165, 1.54) is 16.9 Å². The van der Waals surface area contributed by atoms with Crippen LogP contribution >= 0.6 is 22.9 Å². The summed E-state index contributed by atoms with van der Waals surface area (Å²) in [4.78, 5) is 27.3. The standard InChI is InChI=1S/C18H18ClN5OS/c1-12-21-15(19)10-16(22-12)23-18-20-11-14(26-18)17(25)24(2)9-8-13-6-4-3-5-7-13/h3-7,10-11H,8-9H2,1-2H3,(H,20,21,22,23). The van der Waals surface area contributed by atoms with E-state index in [4.69, 9.17) is 11.6 Å². The predicted molar refractivity (Wildman–Crippen MR) is 104 cm³/mol. The molecule has 0 aliphatic heterocycles. The van der Waals surface area contributed by atoms with Gasteiger partial charge in [0.15, 0.2) is 5.13 Å². The molecule has 0 spiro atoms. The quantitative estimate of drug-likeness (QED) is 0.648. The summed E-state index contributed by atoms with van der Waals surface area (Å²) in [6.45, 7) is 2.40. The van der Waals surface area contributed by atoms with Crippen LogP contribution in [-0.4, -0.2) is 39.4 Å². The largest absolute Gasteiger partial charge is 0.341 e. The number of nitrogens with one attached hydrogen (secondary N) is 1. The van der Waals surface area contributed by atoms with Gasteiger partial charge in [-0.15, -0.1) is 0 Å². The smallest absolute Gasteiger partial charge is 0.265 e. The van der Waals surface area contributed by atoms with Gasteiger partial charge in [-0.05, 0) is 18.9 Å². The zero-order valence-electron chi connectivity index (χ0n) is 14.4. The zero-order valence-corrected chi connectivity index (χ0v) is 16.0. The molecule has 1 aromatic carbocycles. The van der Waals surface area contributed by atoms with E-state index in [9.17, 15) is 4.79 Å². The molecule has 3 aromatic rings. The highest BCUT2D eigenvalue weighted by Crippen LogP contribution is 2.23. The molecule has 0 saturated heterocycles. The zero-order chi connectivity index (χ0) is 18.5. The molecule has 2 heterocycles. The third-order valence-corrected chi connectivity index (χ3v) is 4.78. The summed E-state index contributed by atoms with van der Waals surface area (Å²) in [5.41, 5.74) is 1.20. The maximum atomic E-state index is 12.6. The molecule has 0 bridgehead atoms. The second-order valence-electron chi connectivity index (χ2n) is 5.74. The maximum absolute atomic E-state index is 12.6. The number of aromatic nitrogens is 3. The van der Waals surface area contributed by atoms with Crippen LogP contribution in [0.2, 0.25) is 5.15 Å². The lowest BCUT2D eigenvalue weighted by Gasteiger charge is -2.15. The van der Waals surface area contributed by atoms with E-state index in [1.807, 2.05) is 18.2 Å². The minimum atomic E-state index is -0.0524. The number of amides is 1. The van der Waals surface area contributed by atoms with Crippen molar-refractivity contribution in [2.75, 3.05) is 18.9 Å². The highest BCUT2D eigenvalue weighted by molar-refractivity contribution is 7.17. The topological polar surface area (TPSA) is 71.0 Å². The van der Waals surface area contributed by atoms with Gasteiger partial charge < -0.3 is 10.2 Å². The van der Waals surface area contributed by atoms with E-state index in [0.717, 1.165) is 6.42 Å². The number of benzene rings is 1. The van der Waals surface area contributed by atoms with Crippen LogP contribution < -0.4 is 5.32 Å². The summed E-state index contributed by atoms with van der Waals surface area (Å²) in [6.07, 6.45) is 2.38. The molecule has 1 N–H and O–H groups in total. The Hall–Kier alpha value is -2.51. The Balaban J connectivity index is 1.61. The van der Waals surface area contributed by atoms with Gasteiger partial charge in [0.25, 0.3) is 5.91 Å². The first-order chi connectivity index (χ1) is 12.5. The van der Waals surface area contributed by atoms with Crippen molar-refractivity contribution in [1.29, 1.82) is 0 Å². The molecule has 0 saturated carbocycles. The van der Waals surface area contributed by atoms with Crippen molar-refractivity contribution in [2.24, 2.45) is 0 Å². The average Bonchev–Trinajstić information content (AvgIpc) is 3.07. The van der Waals surface area contributed by atoms with Gasteiger partial charge in [0.1, 0.15) is 21.7 Å². The Morgan fingerprint density at radius 2 is 2.04 bits per heavy atom. The molecule has 134 valence electrons. The van der Waals surface area contributed by atoms with E-state index in [-0.39, 0.29) is 5.91 Å². The lowest BCUT2D eigenvalue weighted by molar-refractivity contribution is 0.0801. The van der Waals surface area contributed by atoms with E-state index >= 15 is 0 Å². The highest BCUT2D eigenvalue weighted by atomic mass is 35.5. The lowest BCUT2D eigenvalue weighted by Crippen LogP contribution is -2.28. The Morgan fingerprint density at radius 3 is 2.77 bits per heavy atom. The molecule has 0 fully saturated rings. The first-order valence-corrected chi connectivity index (χ1v) is 9.24. The minimum Gasteiger partial charge on any atom is -0.341 e. The van der Waals surface area contributed by atoms with Gasteiger partial charge in [-0.25, -0.2) is 15.0 Å². The van der Waals surface area contributed by atoms with Crippen molar-refractivity contribution in [2.45, 2.75) is 13.3 Å². The molecular formula is C18H18ClN5OS. The van der Waals surface area contributed by atoms with Crippen LogP contribution in [-0.2, 0) is 6.42 Å². The lowest BCUT2D eigenvalue weighted by atomic mass is 10.1. The summed E-state index contributed by atoms with van der Waals surface area (Å²) < 4.78 is 0. The third-order valence-electron chi connectivity index (χ3n) is 3.68. The van der Waals surface area contributed by atoms with Gasteiger partial charge in [-0.1, -0.05) is 53.3 Å². The molecule has 0 atom stereocenters. The Labute approximate surface area is 160 Å². The van der Waals surface area contributed by atoms with Crippen LogP contribution in [0, 0.1) is 6.92 Å². The number of carbonyl (C=O) groups excluding carboxylic acids is 1. The van der Waals surface area contributed by atoms with Crippen molar-refractivity contribution in [1.82, 2.24) is 19.9 Å². The monoisotopic (exact) mass is 387 g/mol. The molecule has 0 aliphatic rings. The van der Waals surface area contributed by atoms with E-state index in [1.54, 1.807) is 31.1 Å². The molecule has 0 radical (unpaired) electrons. The Morgan fingerprint density at radius 1 is 1.27 bits per heavy atom. The first-order valence-electron chi connectivity index (χ1n) is 8.04. The number of thiazole rings is 1. The fourth-order valence-corrected chi connectivity index (χ4v) is 3.41. The van der Waals surface area contributed by atoms with Crippen LogP contribution in [0.1, 0.15) is 21.1 Å². The summed E-state index contributed by atoms with van der Waals surface area (Å²) in [6, 6.07) is 11.7. The number of carbonyl (C=O) groups is 1. The summed E-state index contributed by atoms with van der Waals surface area (Å²) in [5.74, 6) is 1.06. The molecule has 0 aliphatic carbocycles. The number of aryl methyl sites for hydroxylation is 1. The van der Waals surface area contributed by atoms with Crippen molar-refractivity contribution >= 4 is 39.8 Å². The van der Waals surface area contributed by atoms with Crippen LogP contribution in [0.4, 0.5) is 10.9 Å². The van der Waals surface area contributed by atoms with E-state index in [2.05, 4.69) is 32.4 Å². The third kappa shape index (κ3) is 4.77. The van der Waals surface area contributed by atoms with Gasteiger partial charge in [0.2, 0.25) is 0 Å². The first kappa shape index (κ1) is 18.3. The maximum Gasteiger partial charge on any atom is 0.265 e. The number of likely N-dealkylation sites (N-methyl/N-ethyl adjacent to an activating group) is 1. The van der Waals surface area contributed by atoms with Gasteiger partial charge in [-0.2, -0.15) is 0 Å². The Kier molecular flexibility index (Phi) is 5.80. The van der Waals surface area contributed by atoms with Crippen molar-refractivity contribution in [3.63, 3.8) is 0 Å². The van der Waals surface area contributed by atoms with Gasteiger partial charge in [0.05, 0.1) is 6.20 Å². The number of halogens is 1. The van der Waals surface area contributed by atoms with Crippen molar-refractivity contribution < 1.29 is 4.79 Å². The average molecular weight is 388 g/mol. The number of nitrogens with zero attached hydrogens (tertiary/aromatic N) is 4. The fraction of sp³-hybridized carbons (Fsp3) is 0.222. The second kappa shape index (κ2) is 8.25. The summed E-state index contributed by atoms with van der Waals surface area (Å²) >= 11 is 7.21. The number of hydrogen-bond donors (Lipinski definition) is 1. The van der Waals surface area contributed by atoms with Crippen molar-refractivity contribution in [3.05, 3.63) is 64.0 Å². The highest BCUT2D eigenvalue weighted by Gasteiger charge is 2.15. The molecule has 6 nitrogen and oxygen atoms in total. The molecule has 3 rings (SSSR count). The van der Waals surface area contributed by atoms with Crippen molar-refractivity contribution in [3.8, 4) is 0 Å². The predicted octanol–water partition coefficient (Wildman–Crippen LogP) is 3.95. The van der Waals surface area contributed by atoms with Gasteiger partial charge in [0, 0.05) is 19.7 Å². The normalized spacial score (nSPS) is 10.6. The number of hydrogen-bond acceptors (Lipinski definition) is 6. The summed E-state index contributed by atoms with van der Waals surface area (Å²) in [7, 11) is 1.80. The van der Waals surface area contributed by atoms with Gasteiger partial charge in [-0.3, -0.25) is 4.79 Å². The SMILES string of the molecule is Cc1nc(Cl)cc(Nc2ncc(C(=O)N(C)CCc3ccccc3)s2)n1. The number of anilines is 2. The fourth-order valence-electron chi connectivity index (χ4n) is 2.37. The minimum absolute atomic E-state index is 0.0524.